The molecule has 0 fully saturated rings. The summed E-state index contributed by atoms with van der Waals surface area (Å²) in [6.45, 7) is 14.3. The SMILES string of the molecule is CC.CC.CC(C)(C)n1cnnc1. The summed E-state index contributed by atoms with van der Waals surface area (Å²) < 4.78 is 1.97. The summed E-state index contributed by atoms with van der Waals surface area (Å²) in [5.74, 6) is 0. The maximum Gasteiger partial charge on any atom is 0.119 e. The average Bonchev–Trinajstić information content (AvgIpc) is 2.63. The van der Waals surface area contributed by atoms with Crippen molar-refractivity contribution < 1.29 is 0 Å². The second kappa shape index (κ2) is 7.77. The first-order valence-corrected chi connectivity index (χ1v) is 4.96. The van der Waals surface area contributed by atoms with Crippen LogP contribution in [0.5, 0.6) is 0 Å². The molecule has 1 aromatic heterocycles. The van der Waals surface area contributed by atoms with Gasteiger partial charge in [0.05, 0.1) is 0 Å². The van der Waals surface area contributed by atoms with Crippen molar-refractivity contribution in [3.05, 3.63) is 12.7 Å². The number of hydrogen-bond donors (Lipinski definition) is 0. The Labute approximate surface area is 82.2 Å². The van der Waals surface area contributed by atoms with Crippen molar-refractivity contribution >= 4 is 0 Å². The molecule has 0 saturated carbocycles. The Bertz CT molecular complexity index is 173. The summed E-state index contributed by atoms with van der Waals surface area (Å²) >= 11 is 0. The van der Waals surface area contributed by atoms with E-state index < -0.39 is 0 Å². The second-order valence-corrected chi connectivity index (χ2v) is 3.04. The van der Waals surface area contributed by atoms with E-state index in [-0.39, 0.29) is 5.54 Å². The Morgan fingerprint density at radius 3 is 1.31 bits per heavy atom. The van der Waals surface area contributed by atoms with Gasteiger partial charge in [-0.15, -0.1) is 10.2 Å². The Hall–Kier alpha value is -0.860. The molecule has 3 heteroatoms. The lowest BCUT2D eigenvalue weighted by molar-refractivity contribution is 0.395. The lowest BCUT2D eigenvalue weighted by Gasteiger charge is -2.18. The average molecular weight is 185 g/mol. The minimum absolute atomic E-state index is 0.115. The third-order valence-corrected chi connectivity index (χ3v) is 1.19. The summed E-state index contributed by atoms with van der Waals surface area (Å²) in [7, 11) is 0. The van der Waals surface area contributed by atoms with E-state index in [2.05, 4.69) is 31.0 Å². The van der Waals surface area contributed by atoms with Gasteiger partial charge in [0.1, 0.15) is 12.7 Å². The lowest BCUT2D eigenvalue weighted by atomic mass is 10.1. The molecule has 0 saturated heterocycles. The molecule has 0 aliphatic carbocycles. The molecule has 1 aromatic rings. The van der Waals surface area contributed by atoms with E-state index in [1.807, 2.05) is 32.3 Å². The molecule has 0 amide bonds. The molecule has 0 spiro atoms. The van der Waals surface area contributed by atoms with Gasteiger partial charge < -0.3 is 4.57 Å². The topological polar surface area (TPSA) is 30.7 Å². The predicted molar refractivity (Wildman–Crippen MR) is 57.7 cm³/mol. The van der Waals surface area contributed by atoms with Gasteiger partial charge in [0, 0.05) is 5.54 Å². The third-order valence-electron chi connectivity index (χ3n) is 1.19. The van der Waals surface area contributed by atoms with Crippen LogP contribution in [0.4, 0.5) is 0 Å². The first kappa shape index (κ1) is 14.7. The van der Waals surface area contributed by atoms with Gasteiger partial charge in [0.2, 0.25) is 0 Å². The second-order valence-electron chi connectivity index (χ2n) is 3.04. The highest BCUT2D eigenvalue weighted by molar-refractivity contribution is 4.75. The van der Waals surface area contributed by atoms with Gasteiger partial charge in [0.15, 0.2) is 0 Å². The summed E-state index contributed by atoms with van der Waals surface area (Å²) in [5.41, 5.74) is 0.115. The van der Waals surface area contributed by atoms with E-state index in [9.17, 15) is 0 Å². The predicted octanol–water partition coefficient (Wildman–Crippen LogP) is 3.09. The summed E-state index contributed by atoms with van der Waals surface area (Å²) in [4.78, 5) is 0. The monoisotopic (exact) mass is 185 g/mol. The van der Waals surface area contributed by atoms with E-state index in [1.54, 1.807) is 12.7 Å². The maximum atomic E-state index is 3.70. The summed E-state index contributed by atoms with van der Waals surface area (Å²) in [5, 5.41) is 7.40. The molecule has 0 unspecified atom stereocenters. The van der Waals surface area contributed by atoms with Crippen LogP contribution in [0.1, 0.15) is 48.5 Å². The molecule has 3 nitrogen and oxygen atoms in total. The highest BCUT2D eigenvalue weighted by Gasteiger charge is 2.10. The first-order valence-electron chi connectivity index (χ1n) is 4.96. The van der Waals surface area contributed by atoms with E-state index in [4.69, 9.17) is 0 Å². The van der Waals surface area contributed by atoms with Crippen LogP contribution >= 0.6 is 0 Å². The largest absolute Gasteiger partial charge is 0.315 e. The van der Waals surface area contributed by atoms with Crippen molar-refractivity contribution in [2.75, 3.05) is 0 Å². The Kier molecular flexibility index (Phi) is 8.76. The van der Waals surface area contributed by atoms with Gasteiger partial charge in [-0.1, -0.05) is 27.7 Å². The van der Waals surface area contributed by atoms with Gasteiger partial charge in [-0.05, 0) is 20.8 Å². The van der Waals surface area contributed by atoms with Crippen LogP contribution in [0.3, 0.4) is 0 Å². The molecule has 1 heterocycles. The van der Waals surface area contributed by atoms with Crippen molar-refractivity contribution in [3.63, 3.8) is 0 Å². The fourth-order valence-electron chi connectivity index (χ4n) is 0.547. The molecule has 1 rings (SSSR count). The molecular weight excluding hydrogens is 162 g/mol. The van der Waals surface area contributed by atoms with E-state index >= 15 is 0 Å². The first-order chi connectivity index (χ1) is 6.11. The van der Waals surface area contributed by atoms with Crippen LogP contribution < -0.4 is 0 Å². The fourth-order valence-corrected chi connectivity index (χ4v) is 0.547. The molecule has 0 N–H and O–H groups in total. The van der Waals surface area contributed by atoms with Gasteiger partial charge >= 0.3 is 0 Å². The van der Waals surface area contributed by atoms with E-state index in [0.29, 0.717) is 0 Å². The minimum atomic E-state index is 0.115. The highest BCUT2D eigenvalue weighted by Crippen LogP contribution is 2.10. The quantitative estimate of drug-likeness (QED) is 0.622. The molecule has 13 heavy (non-hydrogen) atoms. The number of rotatable bonds is 0. The van der Waals surface area contributed by atoms with Crippen LogP contribution in [0.2, 0.25) is 0 Å². The van der Waals surface area contributed by atoms with Gasteiger partial charge in [-0.25, -0.2) is 0 Å². The Morgan fingerprint density at radius 1 is 0.846 bits per heavy atom. The fraction of sp³-hybridized carbons (Fsp3) is 0.800. The normalized spacial score (nSPS) is 9.15. The van der Waals surface area contributed by atoms with Crippen LogP contribution in [0.15, 0.2) is 12.7 Å². The van der Waals surface area contributed by atoms with E-state index in [0.717, 1.165) is 0 Å². The molecule has 0 aliphatic heterocycles. The minimum Gasteiger partial charge on any atom is -0.315 e. The van der Waals surface area contributed by atoms with E-state index in [1.165, 1.54) is 0 Å². The zero-order chi connectivity index (χ0) is 10.9. The standard InChI is InChI=1S/C6H11N3.2C2H6/c1-6(2,3)9-4-7-8-5-9;2*1-2/h4-5H,1-3H3;2*1-2H3. The number of aromatic nitrogens is 3. The number of hydrogen-bond acceptors (Lipinski definition) is 2. The van der Waals surface area contributed by atoms with Crippen molar-refractivity contribution in [3.8, 4) is 0 Å². The molecule has 0 bridgehead atoms. The van der Waals surface area contributed by atoms with Crippen LogP contribution in [0.25, 0.3) is 0 Å². The van der Waals surface area contributed by atoms with Gasteiger partial charge in [-0.2, -0.15) is 0 Å². The van der Waals surface area contributed by atoms with Crippen LogP contribution in [-0.4, -0.2) is 14.8 Å². The zero-order valence-electron chi connectivity index (χ0n) is 10.00. The highest BCUT2D eigenvalue weighted by atomic mass is 15.2. The zero-order valence-corrected chi connectivity index (χ0v) is 10.00. The van der Waals surface area contributed by atoms with Gasteiger partial charge in [0.25, 0.3) is 0 Å². The third kappa shape index (κ3) is 6.31. The molecule has 0 atom stereocenters. The van der Waals surface area contributed by atoms with Gasteiger partial charge in [-0.3, -0.25) is 0 Å². The van der Waals surface area contributed by atoms with Crippen molar-refractivity contribution in [1.29, 1.82) is 0 Å². The molecule has 0 radical (unpaired) electrons. The van der Waals surface area contributed by atoms with Crippen molar-refractivity contribution in [1.82, 2.24) is 14.8 Å². The maximum absolute atomic E-state index is 3.70. The van der Waals surface area contributed by atoms with Crippen molar-refractivity contribution in [2.24, 2.45) is 0 Å². The molecule has 0 aromatic carbocycles. The number of nitrogens with zero attached hydrogens (tertiary/aromatic N) is 3. The Morgan fingerprint density at radius 2 is 1.15 bits per heavy atom. The molecular formula is C10H23N3. The smallest absolute Gasteiger partial charge is 0.119 e. The summed E-state index contributed by atoms with van der Waals surface area (Å²) in [6, 6.07) is 0. The molecule has 78 valence electrons. The van der Waals surface area contributed by atoms with Crippen LogP contribution in [0, 0.1) is 0 Å². The van der Waals surface area contributed by atoms with Crippen LogP contribution in [-0.2, 0) is 5.54 Å². The Balaban J connectivity index is 0. The summed E-state index contributed by atoms with van der Waals surface area (Å²) in [6.07, 6.45) is 3.44. The molecule has 0 aliphatic rings. The lowest BCUT2D eigenvalue weighted by Crippen LogP contribution is -2.19. The van der Waals surface area contributed by atoms with Crippen molar-refractivity contribution in [2.45, 2.75) is 54.0 Å².